The number of aromatic nitrogens is 2. The van der Waals surface area contributed by atoms with E-state index in [1.165, 1.54) is 12.1 Å². The van der Waals surface area contributed by atoms with Crippen molar-refractivity contribution in [2.24, 2.45) is 0 Å². The number of hydrogen-bond acceptors (Lipinski definition) is 5. The molecule has 1 heterocycles. The molecule has 6 heteroatoms. The summed E-state index contributed by atoms with van der Waals surface area (Å²) in [6.07, 6.45) is 0.654. The van der Waals surface area contributed by atoms with Crippen LogP contribution in [0, 0.1) is 5.82 Å². The molecular formula is C12H13FN2O3. The van der Waals surface area contributed by atoms with Crippen LogP contribution in [0.5, 0.6) is 5.75 Å². The highest BCUT2D eigenvalue weighted by atomic mass is 19.1. The fourth-order valence-corrected chi connectivity index (χ4v) is 1.44. The number of nitrogens with zero attached hydrogens (tertiary/aromatic N) is 2. The summed E-state index contributed by atoms with van der Waals surface area (Å²) in [6, 6.07) is 4.04. The van der Waals surface area contributed by atoms with Crippen molar-refractivity contribution in [3.05, 3.63) is 41.3 Å². The van der Waals surface area contributed by atoms with E-state index in [0.29, 0.717) is 29.4 Å². The second-order valence-corrected chi connectivity index (χ2v) is 3.70. The maximum absolute atomic E-state index is 13.2. The van der Waals surface area contributed by atoms with Crippen LogP contribution in [0.15, 0.2) is 22.7 Å². The largest absolute Gasteiger partial charge is 0.485 e. The topological polar surface area (TPSA) is 68.4 Å². The Bertz CT molecular complexity index is 528. The van der Waals surface area contributed by atoms with Crippen molar-refractivity contribution in [2.75, 3.05) is 0 Å². The summed E-state index contributed by atoms with van der Waals surface area (Å²) in [4.78, 5) is 4.06. The molecule has 1 aromatic heterocycles. The molecule has 5 nitrogen and oxygen atoms in total. The molecule has 0 amide bonds. The predicted octanol–water partition coefficient (Wildman–Crippen LogP) is 1.84. The summed E-state index contributed by atoms with van der Waals surface area (Å²) in [5.41, 5.74) is 0.451. The Kier molecular flexibility index (Phi) is 3.88. The zero-order chi connectivity index (χ0) is 13.0. The Morgan fingerprint density at radius 3 is 2.89 bits per heavy atom. The minimum atomic E-state index is -0.459. The molecule has 0 atom stereocenters. The first kappa shape index (κ1) is 12.5. The fraction of sp³-hybridized carbons (Fsp3) is 0.333. The second kappa shape index (κ2) is 5.59. The summed E-state index contributed by atoms with van der Waals surface area (Å²) in [6.45, 7) is 1.76. The third-order valence-electron chi connectivity index (χ3n) is 2.29. The number of halogens is 1. The lowest BCUT2D eigenvalue weighted by Gasteiger charge is -2.05. The van der Waals surface area contributed by atoms with Crippen LogP contribution in [0.4, 0.5) is 4.39 Å². The van der Waals surface area contributed by atoms with Crippen molar-refractivity contribution < 1.29 is 18.8 Å². The third-order valence-corrected chi connectivity index (χ3v) is 2.29. The lowest BCUT2D eigenvalue weighted by Crippen LogP contribution is -1.99. The number of rotatable bonds is 5. The lowest BCUT2D eigenvalue weighted by molar-refractivity contribution is 0.272. The number of aliphatic hydroxyl groups is 1. The zero-order valence-corrected chi connectivity index (χ0v) is 9.89. The van der Waals surface area contributed by atoms with Gasteiger partial charge in [-0.3, -0.25) is 0 Å². The Morgan fingerprint density at radius 1 is 1.39 bits per heavy atom. The summed E-state index contributed by atoms with van der Waals surface area (Å²) < 4.78 is 23.4. The van der Waals surface area contributed by atoms with Gasteiger partial charge in [-0.25, -0.2) is 4.39 Å². The molecule has 0 aliphatic rings. The second-order valence-electron chi connectivity index (χ2n) is 3.70. The molecule has 0 saturated heterocycles. The highest BCUT2D eigenvalue weighted by Crippen LogP contribution is 2.17. The van der Waals surface area contributed by atoms with Gasteiger partial charge in [0.15, 0.2) is 6.61 Å². The molecule has 1 N–H and O–H groups in total. The highest BCUT2D eigenvalue weighted by molar-refractivity contribution is 5.29. The Hall–Kier alpha value is -1.95. The molecule has 0 radical (unpaired) electrons. The molecule has 0 bridgehead atoms. The highest BCUT2D eigenvalue weighted by Gasteiger charge is 2.06. The van der Waals surface area contributed by atoms with Crippen LogP contribution >= 0.6 is 0 Å². The van der Waals surface area contributed by atoms with Gasteiger partial charge in [0, 0.05) is 12.5 Å². The lowest BCUT2D eigenvalue weighted by atomic mass is 10.2. The SMILES string of the molecule is CCc1nc(COc2cc(F)cc(CO)c2)no1. The molecule has 0 aliphatic carbocycles. The number of benzene rings is 1. The molecule has 0 fully saturated rings. The number of hydrogen-bond donors (Lipinski definition) is 1. The van der Waals surface area contributed by atoms with Gasteiger partial charge < -0.3 is 14.4 Å². The number of aliphatic hydroxyl groups excluding tert-OH is 1. The first-order valence-electron chi connectivity index (χ1n) is 5.56. The van der Waals surface area contributed by atoms with Crippen molar-refractivity contribution in [1.82, 2.24) is 10.1 Å². The van der Waals surface area contributed by atoms with E-state index in [1.54, 1.807) is 6.07 Å². The van der Waals surface area contributed by atoms with Gasteiger partial charge >= 0.3 is 0 Å². The monoisotopic (exact) mass is 252 g/mol. The van der Waals surface area contributed by atoms with E-state index in [-0.39, 0.29) is 13.2 Å². The summed E-state index contributed by atoms with van der Waals surface area (Å²) in [5.74, 6) is 0.798. The minimum absolute atomic E-state index is 0.0951. The molecule has 0 spiro atoms. The van der Waals surface area contributed by atoms with E-state index in [1.807, 2.05) is 6.92 Å². The fourth-order valence-electron chi connectivity index (χ4n) is 1.44. The average molecular weight is 252 g/mol. The molecular weight excluding hydrogens is 239 g/mol. The van der Waals surface area contributed by atoms with E-state index >= 15 is 0 Å². The van der Waals surface area contributed by atoms with Crippen molar-refractivity contribution in [2.45, 2.75) is 26.6 Å². The summed E-state index contributed by atoms with van der Waals surface area (Å²) in [7, 11) is 0. The van der Waals surface area contributed by atoms with E-state index in [0.717, 1.165) is 0 Å². The van der Waals surface area contributed by atoms with Crippen LogP contribution in [0.3, 0.4) is 0 Å². The van der Waals surface area contributed by atoms with Gasteiger partial charge in [0.25, 0.3) is 0 Å². The molecule has 18 heavy (non-hydrogen) atoms. The molecule has 0 unspecified atom stereocenters. The normalized spacial score (nSPS) is 10.6. The number of ether oxygens (including phenoxy) is 1. The maximum Gasteiger partial charge on any atom is 0.226 e. The maximum atomic E-state index is 13.2. The van der Waals surface area contributed by atoms with E-state index < -0.39 is 5.82 Å². The van der Waals surface area contributed by atoms with Crippen molar-refractivity contribution in [3.63, 3.8) is 0 Å². The molecule has 2 aromatic rings. The molecule has 96 valence electrons. The minimum Gasteiger partial charge on any atom is -0.485 e. The van der Waals surface area contributed by atoms with Crippen LogP contribution in [-0.4, -0.2) is 15.2 Å². The van der Waals surface area contributed by atoms with Gasteiger partial charge in [-0.05, 0) is 17.7 Å². The average Bonchev–Trinajstić information content (AvgIpc) is 2.83. The molecule has 2 rings (SSSR count). The van der Waals surface area contributed by atoms with Crippen LogP contribution < -0.4 is 4.74 Å². The summed E-state index contributed by atoms with van der Waals surface area (Å²) >= 11 is 0. The molecule has 0 aliphatic heterocycles. The quantitative estimate of drug-likeness (QED) is 0.879. The predicted molar refractivity (Wildman–Crippen MR) is 60.3 cm³/mol. The first-order valence-corrected chi connectivity index (χ1v) is 5.56. The van der Waals surface area contributed by atoms with Crippen LogP contribution in [0.1, 0.15) is 24.2 Å². The van der Waals surface area contributed by atoms with Gasteiger partial charge in [0.2, 0.25) is 11.7 Å². The molecule has 0 saturated carbocycles. The smallest absolute Gasteiger partial charge is 0.226 e. The molecule has 1 aromatic carbocycles. The van der Waals surface area contributed by atoms with Crippen molar-refractivity contribution >= 4 is 0 Å². The van der Waals surface area contributed by atoms with Gasteiger partial charge in [-0.1, -0.05) is 12.1 Å². The Balaban J connectivity index is 2.03. The van der Waals surface area contributed by atoms with Crippen LogP contribution in [-0.2, 0) is 19.6 Å². The third kappa shape index (κ3) is 3.04. The van der Waals surface area contributed by atoms with Gasteiger partial charge in [0.1, 0.15) is 11.6 Å². The number of aryl methyl sites for hydroxylation is 1. The van der Waals surface area contributed by atoms with E-state index in [2.05, 4.69) is 10.1 Å². The van der Waals surface area contributed by atoms with Crippen molar-refractivity contribution in [3.8, 4) is 5.75 Å². The van der Waals surface area contributed by atoms with Crippen molar-refractivity contribution in [1.29, 1.82) is 0 Å². The van der Waals surface area contributed by atoms with Gasteiger partial charge in [-0.15, -0.1) is 0 Å². The zero-order valence-electron chi connectivity index (χ0n) is 9.89. The standard InChI is InChI=1S/C12H13FN2O3/c1-2-12-14-11(15-18-12)7-17-10-4-8(6-16)3-9(13)5-10/h3-5,16H,2,6-7H2,1H3. The Morgan fingerprint density at radius 2 is 2.22 bits per heavy atom. The van der Waals surface area contributed by atoms with Gasteiger partial charge in [0.05, 0.1) is 6.61 Å². The summed E-state index contributed by atoms with van der Waals surface area (Å²) in [5, 5.41) is 12.7. The van der Waals surface area contributed by atoms with Crippen LogP contribution in [0.25, 0.3) is 0 Å². The first-order chi connectivity index (χ1) is 8.71. The van der Waals surface area contributed by atoms with E-state index in [9.17, 15) is 4.39 Å². The Labute approximate surface area is 103 Å². The van der Waals surface area contributed by atoms with Crippen LogP contribution in [0.2, 0.25) is 0 Å². The van der Waals surface area contributed by atoms with Gasteiger partial charge in [-0.2, -0.15) is 4.98 Å². The van der Waals surface area contributed by atoms with E-state index in [4.69, 9.17) is 14.4 Å².